The van der Waals surface area contributed by atoms with E-state index in [2.05, 4.69) is 15.9 Å². The van der Waals surface area contributed by atoms with Crippen LogP contribution in [0.2, 0.25) is 0 Å². The van der Waals surface area contributed by atoms with Crippen LogP contribution in [0.3, 0.4) is 0 Å². The molecule has 2 rings (SSSR count). The minimum absolute atomic E-state index is 0.244. The van der Waals surface area contributed by atoms with Gasteiger partial charge in [-0.3, -0.25) is 0 Å². The number of methoxy groups -OCH3 is 1. The SMILES string of the molecule is COc1c(F)cc([C@]2(C)CCCCO2)cc1Br. The molecular formula is C13H16BrFO2. The lowest BCUT2D eigenvalue weighted by Gasteiger charge is -2.34. The van der Waals surface area contributed by atoms with Crippen molar-refractivity contribution in [2.75, 3.05) is 13.7 Å². The van der Waals surface area contributed by atoms with Crippen LogP contribution in [-0.4, -0.2) is 13.7 Å². The van der Waals surface area contributed by atoms with Gasteiger partial charge in [0.1, 0.15) is 0 Å². The van der Waals surface area contributed by atoms with E-state index in [1.54, 1.807) is 0 Å². The molecular weight excluding hydrogens is 287 g/mol. The van der Waals surface area contributed by atoms with Gasteiger partial charge in [-0.2, -0.15) is 0 Å². The lowest BCUT2D eigenvalue weighted by Crippen LogP contribution is -2.30. The highest BCUT2D eigenvalue weighted by Crippen LogP contribution is 2.39. The highest BCUT2D eigenvalue weighted by atomic mass is 79.9. The molecule has 0 spiro atoms. The maximum atomic E-state index is 13.8. The first kappa shape index (κ1) is 12.8. The fraction of sp³-hybridized carbons (Fsp3) is 0.538. The van der Waals surface area contributed by atoms with E-state index in [9.17, 15) is 4.39 Å². The van der Waals surface area contributed by atoms with E-state index < -0.39 is 0 Å². The lowest BCUT2D eigenvalue weighted by molar-refractivity contribution is -0.0703. The van der Waals surface area contributed by atoms with Crippen LogP contribution in [0.1, 0.15) is 31.7 Å². The van der Waals surface area contributed by atoms with Crippen molar-refractivity contribution >= 4 is 15.9 Å². The van der Waals surface area contributed by atoms with Gasteiger partial charge in [-0.05, 0) is 59.8 Å². The normalized spacial score (nSPS) is 24.7. The van der Waals surface area contributed by atoms with Gasteiger partial charge in [-0.15, -0.1) is 0 Å². The van der Waals surface area contributed by atoms with Crippen LogP contribution in [0.25, 0.3) is 0 Å². The molecule has 0 bridgehead atoms. The summed E-state index contributed by atoms with van der Waals surface area (Å²) in [7, 11) is 1.46. The summed E-state index contributed by atoms with van der Waals surface area (Å²) in [5.41, 5.74) is 0.482. The van der Waals surface area contributed by atoms with Crippen LogP contribution >= 0.6 is 15.9 Å². The van der Waals surface area contributed by atoms with Crippen molar-refractivity contribution in [3.63, 3.8) is 0 Å². The number of ether oxygens (including phenoxy) is 2. The molecule has 0 radical (unpaired) electrons. The lowest BCUT2D eigenvalue weighted by atomic mass is 9.88. The summed E-state index contributed by atoms with van der Waals surface area (Å²) in [5.74, 6) is -0.111. The molecule has 4 heteroatoms. The van der Waals surface area contributed by atoms with Gasteiger partial charge in [-0.1, -0.05) is 0 Å². The van der Waals surface area contributed by atoms with E-state index >= 15 is 0 Å². The summed E-state index contributed by atoms with van der Waals surface area (Å²) in [6.07, 6.45) is 3.11. The van der Waals surface area contributed by atoms with Crippen LogP contribution in [0.5, 0.6) is 5.75 Å². The van der Waals surface area contributed by atoms with Crippen molar-refractivity contribution < 1.29 is 13.9 Å². The Morgan fingerprint density at radius 1 is 1.41 bits per heavy atom. The molecule has 2 nitrogen and oxygen atoms in total. The maximum absolute atomic E-state index is 13.8. The zero-order chi connectivity index (χ0) is 12.5. The summed E-state index contributed by atoms with van der Waals surface area (Å²) in [5, 5.41) is 0. The quantitative estimate of drug-likeness (QED) is 0.822. The molecule has 0 saturated carbocycles. The first-order chi connectivity index (χ1) is 8.07. The molecule has 0 N–H and O–H groups in total. The molecule has 1 heterocycles. The Morgan fingerprint density at radius 3 is 2.71 bits per heavy atom. The molecule has 0 aliphatic carbocycles. The fourth-order valence-electron chi connectivity index (χ4n) is 2.22. The highest BCUT2D eigenvalue weighted by molar-refractivity contribution is 9.10. The molecule has 1 aliphatic rings. The number of hydrogen-bond acceptors (Lipinski definition) is 2. The summed E-state index contributed by atoms with van der Waals surface area (Å²) in [6, 6.07) is 3.39. The Bertz CT molecular complexity index is 391. The van der Waals surface area contributed by atoms with Crippen molar-refractivity contribution in [1.82, 2.24) is 0 Å². The van der Waals surface area contributed by atoms with Crippen LogP contribution < -0.4 is 4.74 Å². The average molecular weight is 303 g/mol. The minimum Gasteiger partial charge on any atom is -0.492 e. The predicted octanol–water partition coefficient (Wildman–Crippen LogP) is 4.01. The van der Waals surface area contributed by atoms with E-state index in [0.717, 1.165) is 31.4 Å². The van der Waals surface area contributed by atoms with Gasteiger partial charge in [-0.25, -0.2) is 4.39 Å². The third-order valence-electron chi connectivity index (χ3n) is 3.28. The number of hydrogen-bond donors (Lipinski definition) is 0. The van der Waals surface area contributed by atoms with Crippen molar-refractivity contribution in [3.05, 3.63) is 28.0 Å². The molecule has 1 aromatic rings. The third-order valence-corrected chi connectivity index (χ3v) is 3.87. The van der Waals surface area contributed by atoms with Crippen LogP contribution in [-0.2, 0) is 10.3 Å². The average Bonchev–Trinajstić information content (AvgIpc) is 2.29. The Hall–Kier alpha value is -0.610. The Kier molecular flexibility index (Phi) is 3.73. The summed E-state index contributed by atoms with van der Waals surface area (Å²) in [4.78, 5) is 0. The zero-order valence-electron chi connectivity index (χ0n) is 10.1. The summed E-state index contributed by atoms with van der Waals surface area (Å²) >= 11 is 3.33. The van der Waals surface area contributed by atoms with E-state index in [1.807, 2.05) is 13.0 Å². The molecule has 94 valence electrons. The molecule has 1 saturated heterocycles. The van der Waals surface area contributed by atoms with Gasteiger partial charge in [0.05, 0.1) is 17.2 Å². The van der Waals surface area contributed by atoms with Crippen molar-refractivity contribution in [2.45, 2.75) is 31.8 Å². The molecule has 1 aliphatic heterocycles. The molecule has 1 atom stereocenters. The van der Waals surface area contributed by atoms with Gasteiger partial charge in [0, 0.05) is 6.61 Å². The van der Waals surface area contributed by atoms with Crippen molar-refractivity contribution in [1.29, 1.82) is 0 Å². The summed E-state index contributed by atoms with van der Waals surface area (Å²) < 4.78 is 25.3. The monoisotopic (exact) mass is 302 g/mol. The van der Waals surface area contributed by atoms with Crippen LogP contribution in [0, 0.1) is 5.82 Å². The molecule has 0 aromatic heterocycles. The van der Waals surface area contributed by atoms with Crippen LogP contribution in [0.15, 0.2) is 16.6 Å². The Balaban J connectivity index is 2.39. The second-order valence-electron chi connectivity index (χ2n) is 4.51. The first-order valence-electron chi connectivity index (χ1n) is 5.74. The van der Waals surface area contributed by atoms with E-state index in [4.69, 9.17) is 9.47 Å². The molecule has 17 heavy (non-hydrogen) atoms. The van der Waals surface area contributed by atoms with Gasteiger partial charge in [0.2, 0.25) is 0 Å². The largest absolute Gasteiger partial charge is 0.492 e. The van der Waals surface area contributed by atoms with Gasteiger partial charge in [0.15, 0.2) is 11.6 Å². The van der Waals surface area contributed by atoms with E-state index in [-0.39, 0.29) is 17.2 Å². The van der Waals surface area contributed by atoms with Gasteiger partial charge in [0.25, 0.3) is 0 Å². The predicted molar refractivity (Wildman–Crippen MR) is 67.8 cm³/mol. The second-order valence-corrected chi connectivity index (χ2v) is 5.36. The molecule has 1 aromatic carbocycles. The first-order valence-corrected chi connectivity index (χ1v) is 6.53. The number of benzene rings is 1. The second kappa shape index (κ2) is 4.94. The Labute approximate surface area is 109 Å². The molecule has 0 unspecified atom stereocenters. The van der Waals surface area contributed by atoms with Crippen molar-refractivity contribution in [3.8, 4) is 5.75 Å². The molecule has 0 amide bonds. The standard InChI is InChI=1S/C13H16BrFO2/c1-13(5-3-4-6-17-13)9-7-10(14)12(16-2)11(15)8-9/h7-8H,3-6H2,1-2H3/t13-/m0/s1. The maximum Gasteiger partial charge on any atom is 0.168 e. The van der Waals surface area contributed by atoms with Crippen LogP contribution in [0.4, 0.5) is 4.39 Å². The van der Waals surface area contributed by atoms with Gasteiger partial charge < -0.3 is 9.47 Å². The van der Waals surface area contributed by atoms with E-state index in [1.165, 1.54) is 13.2 Å². The number of rotatable bonds is 2. The van der Waals surface area contributed by atoms with E-state index in [0.29, 0.717) is 4.47 Å². The Morgan fingerprint density at radius 2 is 2.18 bits per heavy atom. The third kappa shape index (κ3) is 2.47. The fourth-order valence-corrected chi connectivity index (χ4v) is 2.82. The minimum atomic E-state index is -0.381. The number of halogens is 2. The highest BCUT2D eigenvalue weighted by Gasteiger charge is 2.31. The smallest absolute Gasteiger partial charge is 0.168 e. The molecule has 1 fully saturated rings. The topological polar surface area (TPSA) is 18.5 Å². The summed E-state index contributed by atoms with van der Waals surface area (Å²) in [6.45, 7) is 2.75. The van der Waals surface area contributed by atoms with Gasteiger partial charge >= 0.3 is 0 Å². The zero-order valence-corrected chi connectivity index (χ0v) is 11.6. The van der Waals surface area contributed by atoms with Crippen molar-refractivity contribution in [2.24, 2.45) is 0 Å².